The van der Waals surface area contributed by atoms with E-state index in [2.05, 4.69) is 4.90 Å². The fourth-order valence-electron chi connectivity index (χ4n) is 2.05. The molecular weight excluding hydrogens is 262 g/mol. The molecular formula is C13H15N3O4. The Morgan fingerprint density at radius 2 is 2.10 bits per heavy atom. The Balaban J connectivity index is 2.38. The van der Waals surface area contributed by atoms with Crippen molar-refractivity contribution in [2.45, 2.75) is 0 Å². The third-order valence-corrected chi connectivity index (χ3v) is 3.00. The van der Waals surface area contributed by atoms with Gasteiger partial charge in [0.1, 0.15) is 0 Å². The zero-order valence-corrected chi connectivity index (χ0v) is 10.8. The predicted octanol–water partition coefficient (Wildman–Crippen LogP) is 0.930. The van der Waals surface area contributed by atoms with Gasteiger partial charge in [0.25, 0.3) is 5.69 Å². The van der Waals surface area contributed by atoms with E-state index >= 15 is 0 Å². The average molecular weight is 277 g/mol. The van der Waals surface area contributed by atoms with Gasteiger partial charge in [-0.25, -0.2) is 0 Å². The van der Waals surface area contributed by atoms with Crippen LogP contribution in [0.25, 0.3) is 6.08 Å². The zero-order valence-electron chi connectivity index (χ0n) is 10.8. The van der Waals surface area contributed by atoms with Gasteiger partial charge in [-0.3, -0.25) is 14.9 Å². The molecule has 7 heteroatoms. The van der Waals surface area contributed by atoms with Crippen LogP contribution in [0.15, 0.2) is 24.3 Å². The Bertz CT molecular complexity index is 551. The third-order valence-electron chi connectivity index (χ3n) is 3.00. The lowest BCUT2D eigenvalue weighted by atomic mass is 10.1. The first-order chi connectivity index (χ1) is 9.58. The van der Waals surface area contributed by atoms with Gasteiger partial charge >= 0.3 is 0 Å². The minimum Gasteiger partial charge on any atom is -0.378 e. The van der Waals surface area contributed by atoms with Crippen molar-refractivity contribution in [2.75, 3.05) is 31.2 Å². The van der Waals surface area contributed by atoms with Gasteiger partial charge in [-0.2, -0.15) is 0 Å². The molecule has 7 nitrogen and oxygen atoms in total. The monoisotopic (exact) mass is 277 g/mol. The zero-order chi connectivity index (χ0) is 14.5. The maximum absolute atomic E-state index is 10.8. The molecule has 20 heavy (non-hydrogen) atoms. The molecule has 0 bridgehead atoms. The number of anilines is 1. The quantitative estimate of drug-likeness (QED) is 0.501. The number of carbonyl (C=O) groups excluding carboxylic acids is 1. The molecule has 1 heterocycles. The summed E-state index contributed by atoms with van der Waals surface area (Å²) in [4.78, 5) is 23.3. The Labute approximate surface area is 115 Å². The number of non-ortho nitro benzene ring substituents is 1. The number of primary amides is 1. The smallest absolute Gasteiger partial charge is 0.270 e. The third kappa shape index (κ3) is 3.33. The van der Waals surface area contributed by atoms with E-state index < -0.39 is 10.8 Å². The Morgan fingerprint density at radius 1 is 1.40 bits per heavy atom. The number of ether oxygens (including phenoxy) is 1. The molecule has 0 unspecified atom stereocenters. The highest BCUT2D eigenvalue weighted by Gasteiger charge is 2.16. The van der Waals surface area contributed by atoms with Crippen LogP contribution in [0.3, 0.4) is 0 Å². The van der Waals surface area contributed by atoms with E-state index in [4.69, 9.17) is 10.5 Å². The fraction of sp³-hybridized carbons (Fsp3) is 0.308. The Kier molecular flexibility index (Phi) is 4.31. The van der Waals surface area contributed by atoms with Gasteiger partial charge in [0, 0.05) is 42.5 Å². The first kappa shape index (κ1) is 14.0. The van der Waals surface area contributed by atoms with Crippen molar-refractivity contribution >= 4 is 23.4 Å². The van der Waals surface area contributed by atoms with Gasteiger partial charge in [-0.1, -0.05) is 0 Å². The number of nitro groups is 1. The number of rotatable bonds is 4. The number of morpholine rings is 1. The summed E-state index contributed by atoms with van der Waals surface area (Å²) in [5.74, 6) is -0.593. The normalized spacial score (nSPS) is 15.5. The van der Waals surface area contributed by atoms with Crippen molar-refractivity contribution in [3.05, 3.63) is 40.0 Å². The van der Waals surface area contributed by atoms with E-state index in [-0.39, 0.29) is 5.69 Å². The minimum atomic E-state index is -0.593. The van der Waals surface area contributed by atoms with Crippen LogP contribution in [0.2, 0.25) is 0 Å². The SMILES string of the molecule is NC(=O)/C=C/c1cc([N+](=O)[O-])ccc1N1CCOCC1. The lowest BCUT2D eigenvalue weighted by molar-refractivity contribution is -0.384. The van der Waals surface area contributed by atoms with Crippen LogP contribution >= 0.6 is 0 Å². The molecule has 0 aliphatic carbocycles. The number of hydrogen-bond acceptors (Lipinski definition) is 5. The Hall–Kier alpha value is -2.41. The van der Waals surface area contributed by atoms with Crippen LogP contribution in [-0.2, 0) is 9.53 Å². The molecule has 106 valence electrons. The van der Waals surface area contributed by atoms with E-state index in [9.17, 15) is 14.9 Å². The van der Waals surface area contributed by atoms with E-state index in [1.165, 1.54) is 24.3 Å². The summed E-state index contributed by atoms with van der Waals surface area (Å²) in [6.07, 6.45) is 2.70. The molecule has 0 saturated carbocycles. The van der Waals surface area contributed by atoms with Crippen molar-refractivity contribution in [1.82, 2.24) is 0 Å². The average Bonchev–Trinajstić information content (AvgIpc) is 2.45. The number of nitrogens with zero attached hydrogens (tertiary/aromatic N) is 2. The molecule has 0 aromatic heterocycles. The lowest BCUT2D eigenvalue weighted by Crippen LogP contribution is -2.36. The number of benzene rings is 1. The van der Waals surface area contributed by atoms with E-state index in [1.54, 1.807) is 6.07 Å². The topological polar surface area (TPSA) is 98.7 Å². The molecule has 1 saturated heterocycles. The Morgan fingerprint density at radius 3 is 2.70 bits per heavy atom. The number of amides is 1. The summed E-state index contributed by atoms with van der Waals surface area (Å²) >= 11 is 0. The van der Waals surface area contributed by atoms with Crippen LogP contribution in [0.1, 0.15) is 5.56 Å². The molecule has 1 aliphatic heterocycles. The number of hydrogen-bond donors (Lipinski definition) is 1. The van der Waals surface area contributed by atoms with Crippen LogP contribution < -0.4 is 10.6 Å². The molecule has 1 amide bonds. The van der Waals surface area contributed by atoms with Crippen LogP contribution in [-0.4, -0.2) is 37.1 Å². The highest BCUT2D eigenvalue weighted by atomic mass is 16.6. The molecule has 1 fully saturated rings. The van der Waals surface area contributed by atoms with Gasteiger partial charge in [-0.05, 0) is 12.1 Å². The summed E-state index contributed by atoms with van der Waals surface area (Å²) in [6.45, 7) is 2.62. The maximum atomic E-state index is 10.8. The largest absolute Gasteiger partial charge is 0.378 e. The van der Waals surface area contributed by atoms with E-state index in [1.807, 2.05) is 0 Å². The molecule has 1 aliphatic rings. The standard InChI is InChI=1S/C13H15N3O4/c14-13(17)4-1-10-9-11(16(18)19)2-3-12(10)15-5-7-20-8-6-15/h1-4,9H,5-8H2,(H2,14,17)/b4-1+. The van der Waals surface area contributed by atoms with E-state index in [0.29, 0.717) is 31.9 Å². The van der Waals surface area contributed by atoms with Crippen LogP contribution in [0.5, 0.6) is 0 Å². The second-order valence-electron chi connectivity index (χ2n) is 4.34. The highest BCUT2D eigenvalue weighted by molar-refractivity contribution is 5.91. The lowest BCUT2D eigenvalue weighted by Gasteiger charge is -2.30. The number of nitro benzene ring substituents is 1. The summed E-state index contributed by atoms with van der Waals surface area (Å²) in [6, 6.07) is 4.57. The first-order valence-corrected chi connectivity index (χ1v) is 6.16. The van der Waals surface area contributed by atoms with Crippen molar-refractivity contribution in [1.29, 1.82) is 0 Å². The maximum Gasteiger partial charge on any atom is 0.270 e. The molecule has 2 rings (SSSR count). The van der Waals surface area contributed by atoms with Crippen molar-refractivity contribution in [3.63, 3.8) is 0 Å². The highest BCUT2D eigenvalue weighted by Crippen LogP contribution is 2.27. The molecule has 2 N–H and O–H groups in total. The second-order valence-corrected chi connectivity index (χ2v) is 4.34. The first-order valence-electron chi connectivity index (χ1n) is 6.16. The van der Waals surface area contributed by atoms with Gasteiger partial charge in [0.05, 0.1) is 18.1 Å². The molecule has 0 spiro atoms. The number of carbonyl (C=O) groups is 1. The summed E-state index contributed by atoms with van der Waals surface area (Å²) in [5, 5.41) is 10.8. The second kappa shape index (κ2) is 6.16. The predicted molar refractivity (Wildman–Crippen MR) is 74.4 cm³/mol. The fourth-order valence-corrected chi connectivity index (χ4v) is 2.05. The molecule has 0 atom stereocenters. The summed E-state index contributed by atoms with van der Waals surface area (Å²) in [5.41, 5.74) is 6.48. The van der Waals surface area contributed by atoms with Crippen LogP contribution in [0.4, 0.5) is 11.4 Å². The van der Waals surface area contributed by atoms with E-state index in [0.717, 1.165) is 5.69 Å². The molecule has 0 radical (unpaired) electrons. The van der Waals surface area contributed by atoms with Crippen molar-refractivity contribution in [3.8, 4) is 0 Å². The van der Waals surface area contributed by atoms with Gasteiger partial charge < -0.3 is 15.4 Å². The van der Waals surface area contributed by atoms with Gasteiger partial charge in [0.2, 0.25) is 5.91 Å². The van der Waals surface area contributed by atoms with Gasteiger partial charge in [0.15, 0.2) is 0 Å². The number of nitrogens with two attached hydrogens (primary N) is 1. The van der Waals surface area contributed by atoms with Crippen molar-refractivity contribution < 1.29 is 14.5 Å². The van der Waals surface area contributed by atoms with Gasteiger partial charge in [-0.15, -0.1) is 0 Å². The van der Waals surface area contributed by atoms with Crippen molar-refractivity contribution in [2.24, 2.45) is 5.73 Å². The summed E-state index contributed by atoms with van der Waals surface area (Å²) in [7, 11) is 0. The molecule has 1 aromatic rings. The van der Waals surface area contributed by atoms with Crippen LogP contribution in [0, 0.1) is 10.1 Å². The molecule has 1 aromatic carbocycles. The minimum absolute atomic E-state index is 0.0221. The summed E-state index contributed by atoms with van der Waals surface area (Å²) < 4.78 is 5.28.